The van der Waals surface area contributed by atoms with Crippen molar-refractivity contribution in [2.45, 2.75) is 35.3 Å². The van der Waals surface area contributed by atoms with E-state index in [-0.39, 0.29) is 28.4 Å². The van der Waals surface area contributed by atoms with Crippen LogP contribution in [0, 0.1) is 18.8 Å². The van der Waals surface area contributed by atoms with E-state index in [0.29, 0.717) is 17.3 Å². The van der Waals surface area contributed by atoms with Crippen molar-refractivity contribution < 1.29 is 13.2 Å². The van der Waals surface area contributed by atoms with Gasteiger partial charge in [0.05, 0.1) is 10.8 Å². The lowest BCUT2D eigenvalue weighted by Crippen LogP contribution is -2.44. The summed E-state index contributed by atoms with van der Waals surface area (Å²) in [4.78, 5) is 19.5. The van der Waals surface area contributed by atoms with Crippen molar-refractivity contribution in [3.05, 3.63) is 84.6 Å². The molecule has 2 saturated heterocycles. The highest BCUT2D eigenvalue weighted by Crippen LogP contribution is 2.50. The minimum Gasteiger partial charge on any atom is -0.329 e. The Hall–Kier alpha value is -2.72. The molecule has 0 aliphatic carbocycles. The zero-order chi connectivity index (χ0) is 26.4. The van der Waals surface area contributed by atoms with E-state index in [9.17, 15) is 13.2 Å². The van der Waals surface area contributed by atoms with Gasteiger partial charge in [0.15, 0.2) is 0 Å². The molecule has 2 aliphatic heterocycles. The molecule has 2 aromatic heterocycles. The highest BCUT2D eigenvalue weighted by molar-refractivity contribution is 8.14. The van der Waals surface area contributed by atoms with Gasteiger partial charge >= 0.3 is 0 Å². The maximum atomic E-state index is 13.1. The van der Waals surface area contributed by atoms with Gasteiger partial charge in [-0.25, -0.2) is 13.1 Å². The molecule has 2 fully saturated rings. The lowest BCUT2D eigenvalue weighted by atomic mass is 9.79. The number of hydrogen-bond donors (Lipinski definition) is 1. The summed E-state index contributed by atoms with van der Waals surface area (Å²) < 4.78 is 30.4. The third-order valence-electron chi connectivity index (χ3n) is 7.82. The highest BCUT2D eigenvalue weighted by atomic mass is 32.2. The van der Waals surface area contributed by atoms with Crippen LogP contribution in [0.4, 0.5) is 4.79 Å². The molecule has 0 bridgehead atoms. The number of pyridine rings is 1. The van der Waals surface area contributed by atoms with Crippen molar-refractivity contribution in [3.8, 4) is 0 Å². The van der Waals surface area contributed by atoms with Crippen LogP contribution >= 0.6 is 23.1 Å². The average molecular weight is 564 g/mol. The molecule has 4 heterocycles. The van der Waals surface area contributed by atoms with E-state index < -0.39 is 10.0 Å². The second-order valence-corrected chi connectivity index (χ2v) is 14.3. The summed E-state index contributed by atoms with van der Waals surface area (Å²) in [6.45, 7) is 7.08. The summed E-state index contributed by atoms with van der Waals surface area (Å²) in [6.07, 6.45) is 5.33. The van der Waals surface area contributed by atoms with E-state index in [1.165, 1.54) is 23.1 Å². The molecule has 38 heavy (non-hydrogen) atoms. The summed E-state index contributed by atoms with van der Waals surface area (Å²) in [5.41, 5.74) is 3.24. The van der Waals surface area contributed by atoms with Crippen LogP contribution in [-0.4, -0.2) is 42.7 Å². The Bertz CT molecular complexity index is 1620. The minimum absolute atomic E-state index is 0.0123. The Kier molecular flexibility index (Phi) is 6.80. The van der Waals surface area contributed by atoms with Gasteiger partial charge in [0.2, 0.25) is 10.0 Å². The molecule has 4 aromatic rings. The van der Waals surface area contributed by atoms with Gasteiger partial charge in [-0.3, -0.25) is 9.78 Å². The zero-order valence-electron chi connectivity index (χ0n) is 21.0. The summed E-state index contributed by atoms with van der Waals surface area (Å²) in [5, 5.41) is 2.16. The fraction of sp³-hybridized carbons (Fsp3) is 0.310. The number of nitrogens with one attached hydrogen (secondary N) is 1. The van der Waals surface area contributed by atoms with Crippen LogP contribution in [0.2, 0.25) is 0 Å². The van der Waals surface area contributed by atoms with Gasteiger partial charge < -0.3 is 4.90 Å². The number of fused-ring (bicyclic) bond motifs is 3. The highest BCUT2D eigenvalue weighted by Gasteiger charge is 2.46. The van der Waals surface area contributed by atoms with Crippen molar-refractivity contribution in [2.75, 3.05) is 13.1 Å². The number of piperidine rings is 1. The minimum atomic E-state index is -3.63. The quantitative estimate of drug-likeness (QED) is 0.259. The van der Waals surface area contributed by atoms with Gasteiger partial charge in [0.25, 0.3) is 5.24 Å². The van der Waals surface area contributed by atoms with Crippen molar-refractivity contribution in [2.24, 2.45) is 11.8 Å². The van der Waals surface area contributed by atoms with Crippen LogP contribution in [0.1, 0.15) is 29.2 Å². The molecule has 4 atom stereocenters. The molecule has 2 aliphatic rings. The molecule has 6 nitrogen and oxygen atoms in total. The van der Waals surface area contributed by atoms with E-state index in [4.69, 9.17) is 0 Å². The topological polar surface area (TPSA) is 79.4 Å². The van der Waals surface area contributed by atoms with Crippen LogP contribution < -0.4 is 4.72 Å². The van der Waals surface area contributed by atoms with Crippen molar-refractivity contribution >= 4 is 59.4 Å². The number of aryl methyl sites for hydroxylation is 1. The molecule has 1 amide bonds. The second kappa shape index (κ2) is 10.1. The Morgan fingerprint density at radius 1 is 1.21 bits per heavy atom. The van der Waals surface area contributed by atoms with E-state index in [1.54, 1.807) is 6.07 Å². The summed E-state index contributed by atoms with van der Waals surface area (Å²) in [7, 11) is -3.63. The Labute approximate surface area is 231 Å². The Morgan fingerprint density at radius 3 is 2.87 bits per heavy atom. The van der Waals surface area contributed by atoms with Gasteiger partial charge in [-0.15, -0.1) is 17.9 Å². The number of hydrogen-bond acceptors (Lipinski definition) is 6. The number of amides is 1. The number of thiophene rings is 1. The number of rotatable bonds is 7. The van der Waals surface area contributed by atoms with E-state index in [1.807, 2.05) is 53.6 Å². The number of thioether (sulfide) groups is 1. The van der Waals surface area contributed by atoms with Gasteiger partial charge in [-0.05, 0) is 72.9 Å². The van der Waals surface area contributed by atoms with Gasteiger partial charge in [-0.2, -0.15) is 0 Å². The van der Waals surface area contributed by atoms with Gasteiger partial charge in [-0.1, -0.05) is 47.7 Å². The Morgan fingerprint density at radius 2 is 2.05 bits per heavy atom. The molecule has 196 valence electrons. The molecule has 0 saturated carbocycles. The molecule has 0 spiro atoms. The molecule has 1 N–H and O–H groups in total. The normalized spacial score (nSPS) is 22.6. The number of carbonyl (C=O) groups excluding carboxylic acids is 1. The fourth-order valence-corrected chi connectivity index (χ4v) is 9.64. The lowest BCUT2D eigenvalue weighted by Gasteiger charge is -2.39. The van der Waals surface area contributed by atoms with Crippen LogP contribution in [0.5, 0.6) is 0 Å². The second-order valence-electron chi connectivity index (χ2n) is 10.1. The van der Waals surface area contributed by atoms with Crippen LogP contribution in [0.3, 0.4) is 0 Å². The third-order valence-corrected chi connectivity index (χ3v) is 12.1. The Balaban J connectivity index is 1.21. The van der Waals surface area contributed by atoms with Crippen molar-refractivity contribution in [1.82, 2.24) is 14.6 Å². The first-order chi connectivity index (χ1) is 18.3. The fourth-order valence-electron chi connectivity index (χ4n) is 5.79. The maximum absolute atomic E-state index is 13.1. The van der Waals surface area contributed by atoms with Crippen molar-refractivity contribution in [1.29, 1.82) is 0 Å². The molecule has 6 rings (SSSR count). The first-order valence-electron chi connectivity index (χ1n) is 12.8. The molecule has 0 unspecified atom stereocenters. The largest absolute Gasteiger partial charge is 0.329 e. The van der Waals surface area contributed by atoms with Crippen LogP contribution in [0.15, 0.2) is 77.7 Å². The summed E-state index contributed by atoms with van der Waals surface area (Å²) in [6, 6.07) is 17.8. The number of nitrogens with zero attached hydrogens (tertiary/aromatic N) is 2. The monoisotopic (exact) mass is 563 g/mol. The SMILES string of the molecule is C=C[C@@H](CNS(=O)(=O)c1cc2ccccc2s1)[C@H]1CCN2C(=O)S[C@@H](c3ccnc4ccc(C)cc34)[C@@H]2C1. The van der Waals surface area contributed by atoms with E-state index >= 15 is 0 Å². The number of carbonyl (C=O) groups is 1. The standard InChI is InChI=1S/C29H29N3O3S3/c1-3-19(17-31-38(34,35)27-16-21-6-4-5-7-26(21)36-27)20-11-13-32-25(15-20)28(37-29(32)33)22-10-12-30-24-9-8-18(2)14-23(22)24/h3-10,12,14,16,19-20,25,28,31H,1,11,13,15,17H2,2H3/t19-,20-,25-,28-/m0/s1. The van der Waals surface area contributed by atoms with Crippen molar-refractivity contribution in [3.63, 3.8) is 0 Å². The molecule has 9 heteroatoms. The summed E-state index contributed by atoms with van der Waals surface area (Å²) in [5.74, 6) is 0.196. The van der Waals surface area contributed by atoms with E-state index in [2.05, 4.69) is 35.3 Å². The summed E-state index contributed by atoms with van der Waals surface area (Å²) >= 11 is 2.69. The smallest absolute Gasteiger partial charge is 0.282 e. The third kappa shape index (κ3) is 4.66. The number of aromatic nitrogens is 1. The molecule has 2 aromatic carbocycles. The number of benzene rings is 2. The zero-order valence-corrected chi connectivity index (χ0v) is 23.5. The number of sulfonamides is 1. The predicted octanol–water partition coefficient (Wildman–Crippen LogP) is 6.53. The van der Waals surface area contributed by atoms with Gasteiger partial charge in [0, 0.05) is 35.4 Å². The first-order valence-corrected chi connectivity index (χ1v) is 16.0. The van der Waals surface area contributed by atoms with Crippen LogP contribution in [-0.2, 0) is 10.0 Å². The van der Waals surface area contributed by atoms with Gasteiger partial charge in [0.1, 0.15) is 4.21 Å². The molecular formula is C29H29N3O3S3. The molecule has 0 radical (unpaired) electrons. The average Bonchev–Trinajstić information content (AvgIpc) is 3.50. The maximum Gasteiger partial charge on any atom is 0.282 e. The molecular weight excluding hydrogens is 535 g/mol. The van der Waals surface area contributed by atoms with Crippen LogP contribution in [0.25, 0.3) is 21.0 Å². The predicted molar refractivity (Wildman–Crippen MR) is 156 cm³/mol. The van der Waals surface area contributed by atoms with E-state index in [0.717, 1.165) is 45.0 Å². The first kappa shape index (κ1) is 25.6. The lowest BCUT2D eigenvalue weighted by molar-refractivity contribution is 0.135.